The van der Waals surface area contributed by atoms with Gasteiger partial charge >= 0.3 is 0 Å². The molecule has 4 heteroatoms. The van der Waals surface area contributed by atoms with Gasteiger partial charge < -0.3 is 5.11 Å². The van der Waals surface area contributed by atoms with E-state index < -0.39 is 0 Å². The van der Waals surface area contributed by atoms with E-state index in [0.717, 1.165) is 73.2 Å². The summed E-state index contributed by atoms with van der Waals surface area (Å²) in [5.41, 5.74) is 6.64. The van der Waals surface area contributed by atoms with Crippen LogP contribution in [0.15, 0.2) is 47.6 Å². The number of Topliss-reactive ketones (excluding diaryl/α,β-unsaturated/α-hetero) is 1. The molecule has 35 heavy (non-hydrogen) atoms. The van der Waals surface area contributed by atoms with E-state index in [-0.39, 0.29) is 16.9 Å². The van der Waals surface area contributed by atoms with Crippen molar-refractivity contribution in [3.8, 4) is 5.69 Å². The Balaban J connectivity index is 1.34. The zero-order valence-electron chi connectivity index (χ0n) is 21.6. The summed E-state index contributed by atoms with van der Waals surface area (Å²) < 4.78 is 2.00. The van der Waals surface area contributed by atoms with Gasteiger partial charge in [0.05, 0.1) is 17.5 Å². The molecule has 0 amide bonds. The van der Waals surface area contributed by atoms with Crippen molar-refractivity contribution in [2.24, 2.45) is 28.6 Å². The molecule has 184 valence electrons. The van der Waals surface area contributed by atoms with Crippen LogP contribution >= 0.6 is 0 Å². The van der Waals surface area contributed by atoms with E-state index in [1.807, 2.05) is 22.9 Å². The summed E-state index contributed by atoms with van der Waals surface area (Å²) in [5, 5.41) is 15.1. The minimum Gasteiger partial charge on any atom is -0.393 e. The van der Waals surface area contributed by atoms with E-state index in [1.165, 1.54) is 5.57 Å². The Morgan fingerprint density at radius 3 is 2.54 bits per heavy atom. The first-order chi connectivity index (χ1) is 16.7. The highest BCUT2D eigenvalue weighted by Gasteiger charge is 2.59. The number of carbonyl (C=O) groups is 1. The predicted molar refractivity (Wildman–Crippen MR) is 139 cm³/mol. The maximum Gasteiger partial charge on any atom is 0.165 e. The first kappa shape index (κ1) is 23.0. The van der Waals surface area contributed by atoms with Crippen molar-refractivity contribution in [3.63, 3.8) is 0 Å². The molecule has 1 N–H and O–H groups in total. The van der Waals surface area contributed by atoms with Crippen LogP contribution in [0.5, 0.6) is 0 Å². The number of aliphatic hydroxyl groups is 1. The van der Waals surface area contributed by atoms with Gasteiger partial charge in [-0.25, -0.2) is 4.68 Å². The summed E-state index contributed by atoms with van der Waals surface area (Å²) in [7, 11) is 0. The first-order valence-electron chi connectivity index (χ1n) is 13.5. The maximum atomic E-state index is 13.9. The second-order valence-electron chi connectivity index (χ2n) is 12.1. The molecular formula is C31H38N2O2. The number of benzene rings is 1. The number of nitrogens with zero attached hydrogens (tertiary/aromatic N) is 2. The number of allylic oxidation sites excluding steroid dienone is 2. The van der Waals surface area contributed by atoms with Crippen LogP contribution in [0.25, 0.3) is 11.8 Å². The van der Waals surface area contributed by atoms with Gasteiger partial charge in [-0.05, 0) is 106 Å². The molecule has 4 aliphatic rings. The number of aliphatic hydroxyl groups excluding tert-OH is 1. The molecular weight excluding hydrogens is 432 g/mol. The molecule has 0 spiro atoms. The van der Waals surface area contributed by atoms with Gasteiger partial charge in [0.1, 0.15) is 0 Å². The zero-order valence-corrected chi connectivity index (χ0v) is 21.6. The Morgan fingerprint density at radius 1 is 1.03 bits per heavy atom. The van der Waals surface area contributed by atoms with Gasteiger partial charge in [0.2, 0.25) is 0 Å². The standard InChI is InChI=1S/C31H38N2O2/c1-19-26(20(2)33(32-19)23-8-6-5-7-9-23)16-21-17-28-25-11-10-22-18-24(34)12-14-30(22,3)27(25)13-15-31(28,4)29(21)35/h5-10,16,24-25,27-28,34H,11-15,17-18H2,1-4H3/b21-16-/t24-,25-,27+,28+,30+,31+/m1/s1. The predicted octanol–water partition coefficient (Wildman–Crippen LogP) is 6.38. The highest BCUT2D eigenvalue weighted by molar-refractivity contribution is 6.06. The average Bonchev–Trinajstić information content (AvgIpc) is 3.28. The van der Waals surface area contributed by atoms with Crippen LogP contribution in [0.3, 0.4) is 0 Å². The molecule has 3 fully saturated rings. The van der Waals surface area contributed by atoms with E-state index >= 15 is 0 Å². The lowest BCUT2D eigenvalue weighted by molar-refractivity contribution is -0.130. The van der Waals surface area contributed by atoms with E-state index in [0.29, 0.717) is 23.5 Å². The minimum absolute atomic E-state index is 0.175. The third-order valence-corrected chi connectivity index (χ3v) is 10.4. The zero-order chi connectivity index (χ0) is 24.5. The SMILES string of the molecule is Cc1nn(-c2ccccc2)c(C)c1/C=C1/C[C@H]2[C@@H]3CC=C4C[C@H](O)CC[C@]4(C)[C@H]3CC[C@]2(C)C1=O. The van der Waals surface area contributed by atoms with Crippen molar-refractivity contribution < 1.29 is 9.90 Å². The van der Waals surface area contributed by atoms with E-state index in [4.69, 9.17) is 5.10 Å². The molecule has 6 atom stereocenters. The Hall–Kier alpha value is -2.46. The molecule has 0 radical (unpaired) electrons. The van der Waals surface area contributed by atoms with Gasteiger partial charge in [-0.2, -0.15) is 5.10 Å². The molecule has 4 nitrogen and oxygen atoms in total. The van der Waals surface area contributed by atoms with Crippen molar-refractivity contribution in [2.45, 2.75) is 78.7 Å². The molecule has 4 aliphatic carbocycles. The number of fused-ring (bicyclic) bond motifs is 5. The van der Waals surface area contributed by atoms with Gasteiger partial charge in [-0.1, -0.05) is 43.7 Å². The summed E-state index contributed by atoms with van der Waals surface area (Å²) in [5.74, 6) is 1.96. The van der Waals surface area contributed by atoms with Crippen LogP contribution < -0.4 is 0 Å². The first-order valence-corrected chi connectivity index (χ1v) is 13.5. The van der Waals surface area contributed by atoms with Crippen LogP contribution in [0.2, 0.25) is 0 Å². The topological polar surface area (TPSA) is 55.1 Å². The number of hydrogen-bond acceptors (Lipinski definition) is 3. The lowest BCUT2D eigenvalue weighted by Gasteiger charge is -2.56. The molecule has 0 unspecified atom stereocenters. The monoisotopic (exact) mass is 470 g/mol. The summed E-state index contributed by atoms with van der Waals surface area (Å²) in [6.45, 7) is 8.85. The van der Waals surface area contributed by atoms with Crippen LogP contribution in [-0.2, 0) is 4.79 Å². The van der Waals surface area contributed by atoms with Crippen molar-refractivity contribution in [1.82, 2.24) is 9.78 Å². The Morgan fingerprint density at radius 2 is 1.77 bits per heavy atom. The molecule has 0 saturated heterocycles. The number of carbonyl (C=O) groups excluding carboxylic acids is 1. The Bertz CT molecular complexity index is 1240. The normalized spacial score (nSPS) is 37.6. The molecule has 2 aromatic rings. The molecule has 0 aliphatic heterocycles. The van der Waals surface area contributed by atoms with Crippen LogP contribution in [-0.4, -0.2) is 26.8 Å². The van der Waals surface area contributed by atoms with Crippen molar-refractivity contribution in [1.29, 1.82) is 0 Å². The average molecular weight is 471 g/mol. The summed E-state index contributed by atoms with van der Waals surface area (Å²) in [6.07, 6.45) is 11.3. The van der Waals surface area contributed by atoms with Gasteiger partial charge in [-0.3, -0.25) is 4.79 Å². The van der Waals surface area contributed by atoms with Crippen molar-refractivity contribution >= 4 is 11.9 Å². The molecule has 1 aromatic heterocycles. The smallest absolute Gasteiger partial charge is 0.165 e. The van der Waals surface area contributed by atoms with Crippen LogP contribution in [0.4, 0.5) is 0 Å². The second kappa shape index (κ2) is 8.03. The van der Waals surface area contributed by atoms with Crippen LogP contribution in [0, 0.1) is 42.4 Å². The highest BCUT2D eigenvalue weighted by atomic mass is 16.3. The molecule has 3 saturated carbocycles. The number of aromatic nitrogens is 2. The van der Waals surface area contributed by atoms with Crippen molar-refractivity contribution in [3.05, 3.63) is 64.5 Å². The fraction of sp³-hybridized carbons (Fsp3) is 0.548. The Kier molecular flexibility index (Phi) is 5.27. The molecule has 1 heterocycles. The van der Waals surface area contributed by atoms with E-state index in [2.05, 4.69) is 52.0 Å². The van der Waals surface area contributed by atoms with Crippen LogP contribution in [0.1, 0.15) is 75.7 Å². The number of aryl methyl sites for hydroxylation is 1. The minimum atomic E-state index is -0.250. The van der Waals surface area contributed by atoms with Gasteiger partial charge in [0.15, 0.2) is 5.78 Å². The molecule has 1 aromatic carbocycles. The quantitative estimate of drug-likeness (QED) is 0.409. The highest BCUT2D eigenvalue weighted by Crippen LogP contribution is 2.64. The summed E-state index contributed by atoms with van der Waals surface area (Å²) in [6, 6.07) is 10.2. The lowest BCUT2D eigenvalue weighted by Crippen LogP contribution is -2.50. The number of rotatable bonds is 2. The van der Waals surface area contributed by atoms with Crippen molar-refractivity contribution in [2.75, 3.05) is 0 Å². The number of hydrogen-bond donors (Lipinski definition) is 1. The molecule has 6 rings (SSSR count). The molecule has 0 bridgehead atoms. The summed E-state index contributed by atoms with van der Waals surface area (Å²) >= 11 is 0. The third-order valence-electron chi connectivity index (χ3n) is 10.4. The third kappa shape index (κ3) is 3.36. The lowest BCUT2D eigenvalue weighted by atomic mass is 9.48. The van der Waals surface area contributed by atoms with Gasteiger partial charge in [-0.15, -0.1) is 0 Å². The second-order valence-corrected chi connectivity index (χ2v) is 12.1. The fourth-order valence-electron chi connectivity index (χ4n) is 8.30. The Labute approximate surface area is 209 Å². The largest absolute Gasteiger partial charge is 0.393 e. The number of ketones is 1. The fourth-order valence-corrected chi connectivity index (χ4v) is 8.30. The van der Waals surface area contributed by atoms with E-state index in [1.54, 1.807) is 0 Å². The maximum absolute atomic E-state index is 13.9. The number of para-hydroxylation sites is 1. The summed E-state index contributed by atoms with van der Waals surface area (Å²) in [4.78, 5) is 13.9. The van der Waals surface area contributed by atoms with E-state index in [9.17, 15) is 9.90 Å². The van der Waals surface area contributed by atoms with Gasteiger partial charge in [0.25, 0.3) is 0 Å². The van der Waals surface area contributed by atoms with Gasteiger partial charge in [0, 0.05) is 16.7 Å².